The summed E-state index contributed by atoms with van der Waals surface area (Å²) < 4.78 is 30.9. The van der Waals surface area contributed by atoms with Crippen molar-refractivity contribution in [2.24, 2.45) is 0 Å². The van der Waals surface area contributed by atoms with Crippen LogP contribution in [0.3, 0.4) is 0 Å². The highest BCUT2D eigenvalue weighted by Crippen LogP contribution is 2.26. The highest BCUT2D eigenvalue weighted by Gasteiger charge is 2.19. The van der Waals surface area contributed by atoms with E-state index in [-0.39, 0.29) is 22.6 Å². The smallest absolute Gasteiger partial charge is 0.257 e. The van der Waals surface area contributed by atoms with Crippen LogP contribution in [0.5, 0.6) is 0 Å². The Hall–Kier alpha value is -1.58. The molecule has 23 heavy (non-hydrogen) atoms. The average Bonchev–Trinajstić information content (AvgIpc) is 2.86. The summed E-state index contributed by atoms with van der Waals surface area (Å²) in [5, 5.41) is 3.11. The van der Waals surface area contributed by atoms with E-state index in [0.29, 0.717) is 16.3 Å². The second kappa shape index (κ2) is 6.90. The van der Waals surface area contributed by atoms with E-state index in [4.69, 9.17) is 4.42 Å². The zero-order valence-electron chi connectivity index (χ0n) is 13.4. The third-order valence-electron chi connectivity index (χ3n) is 2.89. The average molecular weight is 357 g/mol. The van der Waals surface area contributed by atoms with Gasteiger partial charge < -0.3 is 9.73 Å². The molecular weight excluding hydrogens is 338 g/mol. The lowest BCUT2D eigenvalue weighted by Crippen LogP contribution is -2.31. The Morgan fingerprint density at radius 1 is 1.39 bits per heavy atom. The van der Waals surface area contributed by atoms with Gasteiger partial charge in [-0.2, -0.15) is 0 Å². The van der Waals surface area contributed by atoms with Gasteiger partial charge in [0.1, 0.15) is 5.52 Å². The van der Waals surface area contributed by atoms with Crippen LogP contribution in [0.25, 0.3) is 11.1 Å². The Kier molecular flexibility index (Phi) is 5.33. The van der Waals surface area contributed by atoms with Crippen LogP contribution in [0.2, 0.25) is 0 Å². The molecule has 0 saturated carbocycles. The maximum absolute atomic E-state index is 12.1. The van der Waals surface area contributed by atoms with E-state index in [1.165, 1.54) is 38.0 Å². The zero-order valence-corrected chi connectivity index (χ0v) is 15.0. The molecule has 0 aliphatic carbocycles. The second-order valence-electron chi connectivity index (χ2n) is 5.41. The molecule has 1 aromatic carbocycles. The van der Waals surface area contributed by atoms with Crippen molar-refractivity contribution in [1.29, 1.82) is 0 Å². The van der Waals surface area contributed by atoms with E-state index < -0.39 is 10.0 Å². The molecule has 9 heteroatoms. The molecule has 1 aromatic heterocycles. The Balaban J connectivity index is 2.18. The highest BCUT2D eigenvalue weighted by molar-refractivity contribution is 7.99. The molecule has 0 aliphatic heterocycles. The fourth-order valence-corrected chi connectivity index (χ4v) is 3.38. The Labute approximate surface area is 139 Å². The lowest BCUT2D eigenvalue weighted by molar-refractivity contribution is -0.119. The van der Waals surface area contributed by atoms with Gasteiger partial charge in [0.25, 0.3) is 5.22 Å². The lowest BCUT2D eigenvalue weighted by Gasteiger charge is -2.10. The lowest BCUT2D eigenvalue weighted by atomic mass is 10.3. The summed E-state index contributed by atoms with van der Waals surface area (Å²) in [5.74, 6) is 0.0801. The molecule has 0 aliphatic rings. The number of sulfonamides is 1. The molecule has 0 unspecified atom stereocenters. The Bertz CT molecular complexity index is 813. The Morgan fingerprint density at radius 3 is 2.70 bits per heavy atom. The van der Waals surface area contributed by atoms with Crippen LogP contribution in [-0.2, 0) is 14.8 Å². The van der Waals surface area contributed by atoms with Crippen molar-refractivity contribution in [3.63, 3.8) is 0 Å². The molecule has 2 aromatic rings. The monoisotopic (exact) mass is 357 g/mol. The molecule has 1 N–H and O–H groups in total. The number of fused-ring (bicyclic) bond motifs is 1. The molecule has 2 rings (SSSR count). The van der Waals surface area contributed by atoms with Crippen LogP contribution < -0.4 is 5.32 Å². The first-order chi connectivity index (χ1) is 10.7. The number of amides is 1. The van der Waals surface area contributed by atoms with Gasteiger partial charge in [0.15, 0.2) is 5.58 Å². The molecule has 0 radical (unpaired) electrons. The molecule has 126 valence electrons. The van der Waals surface area contributed by atoms with E-state index in [0.717, 1.165) is 4.31 Å². The van der Waals surface area contributed by atoms with Gasteiger partial charge in [-0.15, -0.1) is 0 Å². The molecule has 1 heterocycles. The number of rotatable bonds is 6. The summed E-state index contributed by atoms with van der Waals surface area (Å²) in [6.45, 7) is 3.77. The van der Waals surface area contributed by atoms with Crippen molar-refractivity contribution in [3.8, 4) is 0 Å². The minimum Gasteiger partial charge on any atom is -0.431 e. The van der Waals surface area contributed by atoms with Crippen molar-refractivity contribution >= 4 is 38.8 Å². The van der Waals surface area contributed by atoms with Gasteiger partial charge >= 0.3 is 0 Å². The third kappa shape index (κ3) is 4.24. The number of carbonyl (C=O) groups is 1. The molecular formula is C14H19N3O4S2. The maximum atomic E-state index is 12.1. The van der Waals surface area contributed by atoms with Gasteiger partial charge in [-0.3, -0.25) is 4.79 Å². The normalized spacial score (nSPS) is 12.3. The summed E-state index contributed by atoms with van der Waals surface area (Å²) in [4.78, 5) is 16.0. The first-order valence-electron chi connectivity index (χ1n) is 6.95. The zero-order chi connectivity index (χ0) is 17.2. The summed E-state index contributed by atoms with van der Waals surface area (Å²) >= 11 is 1.17. The van der Waals surface area contributed by atoms with Gasteiger partial charge in [-0.25, -0.2) is 17.7 Å². The van der Waals surface area contributed by atoms with E-state index in [9.17, 15) is 13.2 Å². The first kappa shape index (κ1) is 17.8. The number of nitrogens with one attached hydrogen (secondary N) is 1. The topological polar surface area (TPSA) is 92.5 Å². The van der Waals surface area contributed by atoms with E-state index in [1.807, 2.05) is 13.8 Å². The number of thioether (sulfide) groups is 1. The maximum Gasteiger partial charge on any atom is 0.257 e. The summed E-state index contributed by atoms with van der Waals surface area (Å²) in [6, 6.07) is 4.58. The summed E-state index contributed by atoms with van der Waals surface area (Å²) in [6.07, 6.45) is 0. The van der Waals surface area contributed by atoms with Crippen molar-refractivity contribution in [2.75, 3.05) is 19.8 Å². The van der Waals surface area contributed by atoms with Crippen molar-refractivity contribution in [1.82, 2.24) is 14.6 Å². The SMILES string of the molecule is CC(C)NC(=O)CSc1nc2cc(S(=O)(=O)N(C)C)ccc2o1. The second-order valence-corrected chi connectivity index (χ2v) is 8.49. The summed E-state index contributed by atoms with van der Waals surface area (Å²) in [7, 11) is -0.579. The minimum atomic E-state index is -3.52. The molecule has 1 amide bonds. The number of carbonyl (C=O) groups excluding carboxylic acids is 1. The number of hydrogen-bond acceptors (Lipinski definition) is 6. The number of hydrogen-bond donors (Lipinski definition) is 1. The van der Waals surface area contributed by atoms with Gasteiger partial charge in [-0.1, -0.05) is 11.8 Å². The highest BCUT2D eigenvalue weighted by atomic mass is 32.2. The van der Waals surface area contributed by atoms with Crippen LogP contribution in [0.15, 0.2) is 32.7 Å². The molecule has 0 saturated heterocycles. The molecule has 0 bridgehead atoms. The third-order valence-corrected chi connectivity index (χ3v) is 5.53. The van der Waals surface area contributed by atoms with E-state index >= 15 is 0 Å². The van der Waals surface area contributed by atoms with E-state index in [1.54, 1.807) is 6.07 Å². The fraction of sp³-hybridized carbons (Fsp3) is 0.429. The predicted molar refractivity (Wildman–Crippen MR) is 88.9 cm³/mol. The van der Waals surface area contributed by atoms with Gasteiger partial charge in [0.2, 0.25) is 15.9 Å². The number of aromatic nitrogens is 1. The molecule has 0 atom stereocenters. The van der Waals surface area contributed by atoms with E-state index in [2.05, 4.69) is 10.3 Å². The summed E-state index contributed by atoms with van der Waals surface area (Å²) in [5.41, 5.74) is 0.925. The van der Waals surface area contributed by atoms with Crippen molar-refractivity contribution in [3.05, 3.63) is 18.2 Å². The van der Waals surface area contributed by atoms with Crippen molar-refractivity contribution in [2.45, 2.75) is 30.0 Å². The quantitative estimate of drug-likeness (QED) is 0.791. The van der Waals surface area contributed by atoms with Crippen LogP contribution in [-0.4, -0.2) is 49.5 Å². The number of oxazole rings is 1. The predicted octanol–water partition coefficient (Wildman–Crippen LogP) is 1.69. The Morgan fingerprint density at radius 2 is 2.09 bits per heavy atom. The fourth-order valence-electron chi connectivity index (χ4n) is 1.81. The number of nitrogens with zero attached hydrogens (tertiary/aromatic N) is 2. The van der Waals surface area contributed by atoms with Gasteiger partial charge in [-0.05, 0) is 32.0 Å². The van der Waals surface area contributed by atoms with Gasteiger partial charge in [0, 0.05) is 20.1 Å². The molecule has 7 nitrogen and oxygen atoms in total. The number of benzene rings is 1. The van der Waals surface area contributed by atoms with Gasteiger partial charge in [0.05, 0.1) is 10.6 Å². The van der Waals surface area contributed by atoms with Crippen LogP contribution in [0.4, 0.5) is 0 Å². The van der Waals surface area contributed by atoms with Crippen molar-refractivity contribution < 1.29 is 17.6 Å². The standard InChI is InChI=1S/C14H19N3O4S2/c1-9(2)15-13(18)8-22-14-16-11-7-10(5-6-12(11)21-14)23(19,20)17(3)4/h5-7,9H,8H2,1-4H3,(H,15,18). The molecule has 0 spiro atoms. The largest absolute Gasteiger partial charge is 0.431 e. The first-order valence-corrected chi connectivity index (χ1v) is 9.38. The van der Waals surface area contributed by atoms with Crippen LogP contribution in [0.1, 0.15) is 13.8 Å². The van der Waals surface area contributed by atoms with Crippen LogP contribution in [0, 0.1) is 0 Å². The van der Waals surface area contributed by atoms with Crippen LogP contribution >= 0.6 is 11.8 Å². The minimum absolute atomic E-state index is 0.0746. The molecule has 0 fully saturated rings.